The lowest BCUT2D eigenvalue weighted by atomic mass is 10.2. The Kier molecular flexibility index (Phi) is 4.24. The van der Waals surface area contributed by atoms with Crippen LogP contribution in [0.1, 0.15) is 43.3 Å². The second kappa shape index (κ2) is 5.69. The lowest BCUT2D eigenvalue weighted by molar-refractivity contribution is 0.232. The first kappa shape index (κ1) is 12.7. The predicted molar refractivity (Wildman–Crippen MR) is 69.6 cm³/mol. The molecule has 1 saturated carbocycles. The summed E-state index contributed by atoms with van der Waals surface area (Å²) < 4.78 is 5.78. The topological polar surface area (TPSA) is 42.4 Å². The van der Waals surface area contributed by atoms with Crippen molar-refractivity contribution in [1.82, 2.24) is 4.90 Å². The highest BCUT2D eigenvalue weighted by Gasteiger charge is 2.24. The van der Waals surface area contributed by atoms with E-state index in [1.807, 2.05) is 0 Å². The summed E-state index contributed by atoms with van der Waals surface area (Å²) in [5, 5.41) is 0. The number of nitrogens with zero attached hydrogens (tertiary/aromatic N) is 1. The van der Waals surface area contributed by atoms with Gasteiger partial charge in [-0.25, -0.2) is 0 Å². The average Bonchev–Trinajstić information content (AvgIpc) is 3.02. The zero-order chi connectivity index (χ0) is 12.3. The lowest BCUT2D eigenvalue weighted by Crippen LogP contribution is -2.26. The van der Waals surface area contributed by atoms with Crippen LogP contribution < -0.4 is 5.73 Å². The van der Waals surface area contributed by atoms with E-state index in [1.54, 1.807) is 0 Å². The fourth-order valence-electron chi connectivity index (χ4n) is 2.31. The van der Waals surface area contributed by atoms with E-state index in [0.717, 1.165) is 30.5 Å². The fraction of sp³-hybridized carbons (Fsp3) is 0.714. The maximum Gasteiger partial charge on any atom is 0.120 e. The summed E-state index contributed by atoms with van der Waals surface area (Å²) in [6.07, 6.45) is 4.02. The van der Waals surface area contributed by atoms with Gasteiger partial charge in [-0.15, -0.1) is 0 Å². The molecule has 1 aromatic heterocycles. The van der Waals surface area contributed by atoms with Gasteiger partial charge in [-0.2, -0.15) is 0 Å². The van der Waals surface area contributed by atoms with E-state index in [9.17, 15) is 0 Å². The zero-order valence-electron chi connectivity index (χ0n) is 11.0. The monoisotopic (exact) mass is 236 g/mol. The predicted octanol–water partition coefficient (Wildman–Crippen LogP) is 2.67. The van der Waals surface area contributed by atoms with Crippen molar-refractivity contribution in [1.29, 1.82) is 0 Å². The van der Waals surface area contributed by atoms with E-state index in [1.165, 1.54) is 31.4 Å². The SMILES string of the molecule is CCCN(Cc1cc(C)c(CN)o1)CC1CC1. The summed E-state index contributed by atoms with van der Waals surface area (Å²) in [7, 11) is 0. The molecule has 3 heteroatoms. The Hall–Kier alpha value is -0.800. The third kappa shape index (κ3) is 3.58. The molecule has 1 aliphatic carbocycles. The van der Waals surface area contributed by atoms with E-state index >= 15 is 0 Å². The van der Waals surface area contributed by atoms with Crippen LogP contribution in [-0.2, 0) is 13.1 Å². The van der Waals surface area contributed by atoms with Crippen LogP contribution >= 0.6 is 0 Å². The maximum absolute atomic E-state index is 5.78. The second-order valence-electron chi connectivity index (χ2n) is 5.20. The third-order valence-corrected chi connectivity index (χ3v) is 3.39. The average molecular weight is 236 g/mol. The first-order valence-corrected chi connectivity index (χ1v) is 6.73. The first-order valence-electron chi connectivity index (χ1n) is 6.73. The van der Waals surface area contributed by atoms with Gasteiger partial charge in [-0.05, 0) is 50.3 Å². The largest absolute Gasteiger partial charge is 0.463 e. The first-order chi connectivity index (χ1) is 8.22. The van der Waals surface area contributed by atoms with Gasteiger partial charge >= 0.3 is 0 Å². The van der Waals surface area contributed by atoms with Crippen molar-refractivity contribution in [2.24, 2.45) is 11.7 Å². The van der Waals surface area contributed by atoms with Crippen molar-refractivity contribution < 1.29 is 4.42 Å². The Morgan fingerprint density at radius 1 is 1.47 bits per heavy atom. The van der Waals surface area contributed by atoms with E-state index < -0.39 is 0 Å². The van der Waals surface area contributed by atoms with Crippen molar-refractivity contribution in [3.8, 4) is 0 Å². The fourth-order valence-corrected chi connectivity index (χ4v) is 2.31. The minimum absolute atomic E-state index is 0.502. The molecule has 0 amide bonds. The van der Waals surface area contributed by atoms with Gasteiger partial charge in [0, 0.05) is 6.54 Å². The highest BCUT2D eigenvalue weighted by molar-refractivity contribution is 5.19. The molecule has 2 N–H and O–H groups in total. The number of rotatable bonds is 7. The molecule has 17 heavy (non-hydrogen) atoms. The van der Waals surface area contributed by atoms with Crippen LogP contribution in [0.25, 0.3) is 0 Å². The van der Waals surface area contributed by atoms with E-state index in [0.29, 0.717) is 6.54 Å². The van der Waals surface area contributed by atoms with Crippen LogP contribution in [0, 0.1) is 12.8 Å². The summed E-state index contributed by atoms with van der Waals surface area (Å²) in [5.74, 6) is 2.94. The van der Waals surface area contributed by atoms with Crippen LogP contribution in [0.2, 0.25) is 0 Å². The smallest absolute Gasteiger partial charge is 0.120 e. The van der Waals surface area contributed by atoms with Crippen LogP contribution in [0.4, 0.5) is 0 Å². The standard InChI is InChI=1S/C14H24N2O/c1-3-6-16(9-12-4-5-12)10-13-7-11(2)14(8-15)17-13/h7,12H,3-6,8-10,15H2,1-2H3. The van der Waals surface area contributed by atoms with Crippen molar-refractivity contribution in [2.45, 2.75) is 46.2 Å². The molecule has 2 rings (SSSR count). The quantitative estimate of drug-likeness (QED) is 0.791. The molecule has 0 unspecified atom stereocenters. The molecule has 0 bridgehead atoms. The molecule has 1 aliphatic rings. The molecular formula is C14H24N2O. The van der Waals surface area contributed by atoms with E-state index in [-0.39, 0.29) is 0 Å². The molecule has 1 aromatic rings. The number of hydrogen-bond acceptors (Lipinski definition) is 3. The van der Waals surface area contributed by atoms with Crippen molar-refractivity contribution in [3.05, 3.63) is 23.2 Å². The van der Waals surface area contributed by atoms with Crippen molar-refractivity contribution in [3.63, 3.8) is 0 Å². The summed E-state index contributed by atoms with van der Waals surface area (Å²) in [4.78, 5) is 2.51. The van der Waals surface area contributed by atoms with Gasteiger partial charge in [0.1, 0.15) is 11.5 Å². The third-order valence-electron chi connectivity index (χ3n) is 3.39. The molecular weight excluding hydrogens is 212 g/mol. The summed E-state index contributed by atoms with van der Waals surface area (Å²) in [6.45, 7) is 8.13. The van der Waals surface area contributed by atoms with Crippen LogP contribution in [0.3, 0.4) is 0 Å². The molecule has 1 fully saturated rings. The Morgan fingerprint density at radius 3 is 2.76 bits per heavy atom. The normalized spacial score (nSPS) is 15.8. The Balaban J connectivity index is 1.94. The molecule has 0 saturated heterocycles. The van der Waals surface area contributed by atoms with Gasteiger partial charge < -0.3 is 10.2 Å². The van der Waals surface area contributed by atoms with Gasteiger partial charge in [0.05, 0.1) is 13.1 Å². The van der Waals surface area contributed by atoms with E-state index in [2.05, 4.69) is 24.8 Å². The molecule has 0 atom stereocenters. The Bertz CT molecular complexity index is 355. The molecule has 0 aliphatic heterocycles. The number of nitrogens with two attached hydrogens (primary N) is 1. The zero-order valence-corrected chi connectivity index (χ0v) is 11.0. The lowest BCUT2D eigenvalue weighted by Gasteiger charge is -2.20. The van der Waals surface area contributed by atoms with Crippen LogP contribution in [0.15, 0.2) is 10.5 Å². The summed E-state index contributed by atoms with van der Waals surface area (Å²) in [6, 6.07) is 2.14. The second-order valence-corrected chi connectivity index (χ2v) is 5.20. The number of furan rings is 1. The number of hydrogen-bond donors (Lipinski definition) is 1. The van der Waals surface area contributed by atoms with Gasteiger partial charge in [0.15, 0.2) is 0 Å². The summed E-state index contributed by atoms with van der Waals surface area (Å²) >= 11 is 0. The van der Waals surface area contributed by atoms with E-state index in [4.69, 9.17) is 10.2 Å². The number of aryl methyl sites for hydroxylation is 1. The van der Waals surface area contributed by atoms with Crippen LogP contribution in [0.5, 0.6) is 0 Å². The minimum Gasteiger partial charge on any atom is -0.463 e. The molecule has 96 valence electrons. The van der Waals surface area contributed by atoms with Gasteiger partial charge in [0.2, 0.25) is 0 Å². The molecule has 3 nitrogen and oxygen atoms in total. The van der Waals surface area contributed by atoms with Crippen molar-refractivity contribution in [2.75, 3.05) is 13.1 Å². The molecule has 0 aromatic carbocycles. The van der Waals surface area contributed by atoms with Gasteiger partial charge in [-0.3, -0.25) is 4.90 Å². The van der Waals surface area contributed by atoms with Gasteiger partial charge in [0.25, 0.3) is 0 Å². The van der Waals surface area contributed by atoms with Gasteiger partial charge in [-0.1, -0.05) is 6.92 Å². The highest BCUT2D eigenvalue weighted by atomic mass is 16.3. The van der Waals surface area contributed by atoms with Crippen molar-refractivity contribution >= 4 is 0 Å². The molecule has 1 heterocycles. The minimum atomic E-state index is 0.502. The molecule has 0 spiro atoms. The van der Waals surface area contributed by atoms with Crippen LogP contribution in [-0.4, -0.2) is 18.0 Å². The Morgan fingerprint density at radius 2 is 2.24 bits per heavy atom. The maximum atomic E-state index is 5.78. The molecule has 0 radical (unpaired) electrons. The highest BCUT2D eigenvalue weighted by Crippen LogP contribution is 2.30. The summed E-state index contributed by atoms with van der Waals surface area (Å²) in [5.41, 5.74) is 6.82. The Labute approximate surface area is 104 Å².